The van der Waals surface area contributed by atoms with E-state index < -0.39 is 0 Å². The maximum Gasteiger partial charge on any atom is 0.220 e. The van der Waals surface area contributed by atoms with E-state index >= 15 is 0 Å². The molecule has 0 radical (unpaired) electrons. The molecule has 12 rings (SSSR count). The van der Waals surface area contributed by atoms with Crippen molar-refractivity contribution in [1.82, 2.24) is 28.5 Å². The van der Waals surface area contributed by atoms with Gasteiger partial charge in [-0.05, 0) is 83.6 Å². The van der Waals surface area contributed by atoms with E-state index in [4.69, 9.17) is 15.0 Å². The van der Waals surface area contributed by atoms with Crippen molar-refractivity contribution < 1.29 is 0 Å². The number of hydrogen-bond acceptors (Lipinski definition) is 3. The average molecular weight is 703 g/mol. The Bertz CT molecular complexity index is 3510. The third-order valence-corrected chi connectivity index (χ3v) is 11.0. The van der Waals surface area contributed by atoms with E-state index in [2.05, 4.69) is 183 Å². The molecule has 8 aromatic carbocycles. The molecule has 0 saturated heterocycles. The van der Waals surface area contributed by atoms with Gasteiger partial charge >= 0.3 is 0 Å². The molecule has 0 saturated carbocycles. The van der Waals surface area contributed by atoms with Crippen LogP contribution < -0.4 is 0 Å². The molecule has 0 aliphatic rings. The molecule has 4 aromatic heterocycles. The molecular weight excluding hydrogens is 673 g/mol. The third-order valence-electron chi connectivity index (χ3n) is 11.0. The topological polar surface area (TPSA) is 52.9 Å². The number of imidazole rings is 2. The second-order valence-corrected chi connectivity index (χ2v) is 14.1. The summed E-state index contributed by atoms with van der Waals surface area (Å²) >= 11 is 0. The molecule has 55 heavy (non-hydrogen) atoms. The van der Waals surface area contributed by atoms with Crippen LogP contribution in [0.2, 0.25) is 0 Å². The molecule has 4 heterocycles. The largest absolute Gasteiger partial charge is 0.309 e. The highest BCUT2D eigenvalue weighted by Crippen LogP contribution is 2.37. The van der Waals surface area contributed by atoms with Crippen molar-refractivity contribution in [3.05, 3.63) is 182 Å². The molecule has 12 aromatic rings. The summed E-state index contributed by atoms with van der Waals surface area (Å²) < 4.78 is 6.91. The van der Waals surface area contributed by atoms with Crippen LogP contribution in [-0.2, 0) is 0 Å². The Balaban J connectivity index is 1.04. The first kappa shape index (κ1) is 29.9. The van der Waals surface area contributed by atoms with Crippen LogP contribution in [0.15, 0.2) is 182 Å². The van der Waals surface area contributed by atoms with E-state index in [0.29, 0.717) is 5.82 Å². The van der Waals surface area contributed by atoms with Crippen molar-refractivity contribution in [3.8, 4) is 34.0 Å². The highest BCUT2D eigenvalue weighted by atomic mass is 15.2. The predicted molar refractivity (Wildman–Crippen MR) is 225 cm³/mol. The van der Waals surface area contributed by atoms with Gasteiger partial charge < -0.3 is 4.57 Å². The van der Waals surface area contributed by atoms with Crippen LogP contribution in [0.4, 0.5) is 0 Å². The highest BCUT2D eigenvalue weighted by molar-refractivity contribution is 6.10. The molecule has 0 aliphatic heterocycles. The fraction of sp³-hybridized carbons (Fsp3) is 0. The SMILES string of the molecule is c1cc(-c2nc(-c3ccc4ccccc4c3)c3ccccc3n2)cc(-n2c3ccccc3c3cc(-n4c5ccccc5n5c6ccccc6nc45)ccc32)c1. The molecule has 0 fully saturated rings. The lowest BCUT2D eigenvalue weighted by molar-refractivity contribution is 1.11. The van der Waals surface area contributed by atoms with Gasteiger partial charge in [0, 0.05) is 38.7 Å². The third kappa shape index (κ3) is 4.46. The van der Waals surface area contributed by atoms with E-state index in [9.17, 15) is 0 Å². The van der Waals surface area contributed by atoms with Crippen LogP contribution in [0.5, 0.6) is 0 Å². The lowest BCUT2D eigenvalue weighted by Gasteiger charge is -2.12. The van der Waals surface area contributed by atoms with E-state index in [1.807, 2.05) is 12.1 Å². The monoisotopic (exact) mass is 702 g/mol. The minimum Gasteiger partial charge on any atom is -0.309 e. The van der Waals surface area contributed by atoms with Gasteiger partial charge in [-0.2, -0.15) is 0 Å². The molecule has 0 atom stereocenters. The molecule has 0 amide bonds. The first-order chi connectivity index (χ1) is 27.3. The van der Waals surface area contributed by atoms with Crippen LogP contribution in [-0.4, -0.2) is 28.5 Å². The maximum absolute atomic E-state index is 5.27. The van der Waals surface area contributed by atoms with Gasteiger partial charge in [-0.25, -0.2) is 15.0 Å². The van der Waals surface area contributed by atoms with Gasteiger partial charge in [0.15, 0.2) is 5.82 Å². The predicted octanol–water partition coefficient (Wildman–Crippen LogP) is 12.0. The number of benzene rings is 8. The van der Waals surface area contributed by atoms with Crippen molar-refractivity contribution in [2.24, 2.45) is 0 Å². The van der Waals surface area contributed by atoms with E-state index in [-0.39, 0.29) is 0 Å². The highest BCUT2D eigenvalue weighted by Gasteiger charge is 2.20. The van der Waals surface area contributed by atoms with Crippen LogP contribution in [0.25, 0.3) is 105 Å². The number of rotatable bonds is 4. The number of nitrogens with zero attached hydrogens (tertiary/aromatic N) is 6. The van der Waals surface area contributed by atoms with Crippen molar-refractivity contribution >= 4 is 71.3 Å². The quantitative estimate of drug-likeness (QED) is 0.183. The smallest absolute Gasteiger partial charge is 0.220 e. The summed E-state index contributed by atoms with van der Waals surface area (Å²) in [6, 6.07) is 64.3. The maximum atomic E-state index is 5.27. The average Bonchev–Trinajstić information content (AvgIpc) is 3.90. The summed E-state index contributed by atoms with van der Waals surface area (Å²) in [4.78, 5) is 15.5. The summed E-state index contributed by atoms with van der Waals surface area (Å²) in [5.41, 5.74) is 12.6. The lowest BCUT2D eigenvalue weighted by atomic mass is 10.0. The first-order valence-corrected chi connectivity index (χ1v) is 18.5. The van der Waals surface area contributed by atoms with E-state index in [1.165, 1.54) is 21.5 Å². The van der Waals surface area contributed by atoms with Crippen molar-refractivity contribution in [3.63, 3.8) is 0 Å². The Labute approximate surface area is 314 Å². The second-order valence-electron chi connectivity index (χ2n) is 14.1. The molecule has 0 aliphatic carbocycles. The Morgan fingerprint density at radius 1 is 0.345 bits per heavy atom. The van der Waals surface area contributed by atoms with Gasteiger partial charge in [0.1, 0.15) is 0 Å². The molecule has 0 spiro atoms. The van der Waals surface area contributed by atoms with Gasteiger partial charge in [-0.1, -0.05) is 109 Å². The summed E-state index contributed by atoms with van der Waals surface area (Å²) in [7, 11) is 0. The zero-order chi connectivity index (χ0) is 36.0. The fourth-order valence-electron chi connectivity index (χ4n) is 8.53. The van der Waals surface area contributed by atoms with Crippen molar-refractivity contribution in [2.75, 3.05) is 0 Å². The Morgan fingerprint density at radius 3 is 1.93 bits per heavy atom. The summed E-state index contributed by atoms with van der Waals surface area (Å²) in [5, 5.41) is 5.79. The van der Waals surface area contributed by atoms with Gasteiger partial charge in [0.05, 0.1) is 44.3 Å². The lowest BCUT2D eigenvalue weighted by Crippen LogP contribution is -1.98. The molecule has 0 N–H and O–H groups in total. The van der Waals surface area contributed by atoms with E-state index in [1.54, 1.807) is 0 Å². The minimum atomic E-state index is 0.697. The van der Waals surface area contributed by atoms with Crippen molar-refractivity contribution in [1.29, 1.82) is 0 Å². The number of fused-ring (bicyclic) bond motifs is 10. The van der Waals surface area contributed by atoms with Gasteiger partial charge in [0.2, 0.25) is 5.78 Å². The number of para-hydroxylation sites is 6. The zero-order valence-electron chi connectivity index (χ0n) is 29.5. The molecular formula is C49H30N6. The van der Waals surface area contributed by atoms with Crippen LogP contribution in [0.1, 0.15) is 0 Å². The van der Waals surface area contributed by atoms with Crippen molar-refractivity contribution in [2.45, 2.75) is 0 Å². The molecule has 6 heteroatoms. The second kappa shape index (κ2) is 11.5. The number of aromatic nitrogens is 6. The van der Waals surface area contributed by atoms with Gasteiger partial charge in [0.25, 0.3) is 0 Å². The normalized spacial score (nSPS) is 12.0. The number of hydrogen-bond donors (Lipinski definition) is 0. The Kier molecular flexibility index (Phi) is 6.24. The van der Waals surface area contributed by atoms with Crippen LogP contribution in [0.3, 0.4) is 0 Å². The molecule has 6 nitrogen and oxygen atoms in total. The van der Waals surface area contributed by atoms with Crippen LogP contribution >= 0.6 is 0 Å². The van der Waals surface area contributed by atoms with E-state index in [0.717, 1.165) is 78.0 Å². The van der Waals surface area contributed by atoms with Gasteiger partial charge in [-0.15, -0.1) is 0 Å². The summed E-state index contributed by atoms with van der Waals surface area (Å²) in [6.07, 6.45) is 0. The zero-order valence-corrected chi connectivity index (χ0v) is 29.5. The molecule has 256 valence electrons. The Hall–Kier alpha value is -7.57. The fourth-order valence-corrected chi connectivity index (χ4v) is 8.53. The van der Waals surface area contributed by atoms with Gasteiger partial charge in [-0.3, -0.25) is 8.97 Å². The minimum absolute atomic E-state index is 0.697. The molecule has 0 unspecified atom stereocenters. The molecule has 0 bridgehead atoms. The Morgan fingerprint density at radius 2 is 1.04 bits per heavy atom. The summed E-state index contributed by atoms with van der Waals surface area (Å²) in [5.74, 6) is 1.60. The summed E-state index contributed by atoms with van der Waals surface area (Å²) in [6.45, 7) is 0. The standard InChI is InChI=1S/C49H30N6/c1-2-13-32-28-33(25-24-31(32)12-1)47-38-17-3-5-18-40(38)50-48(52-47)34-14-11-15-35(29-34)53-42-20-7-4-16-37(42)39-30-36(26-27-43(39)53)54-45-22-9-10-23-46(45)55-44-21-8-6-19-41(44)51-49(54)55/h1-30H. The first-order valence-electron chi connectivity index (χ1n) is 18.5. The van der Waals surface area contributed by atoms with Crippen LogP contribution in [0, 0.1) is 0 Å².